The Morgan fingerprint density at radius 3 is 2.67 bits per heavy atom. The van der Waals surface area contributed by atoms with Gasteiger partial charge in [-0.05, 0) is 30.9 Å². The maximum atomic E-state index is 11.7. The number of imidazole rings is 1. The van der Waals surface area contributed by atoms with Gasteiger partial charge in [0.15, 0.2) is 0 Å². The number of carbonyl (C=O) groups excluding carboxylic acids is 1. The predicted octanol–water partition coefficient (Wildman–Crippen LogP) is 1.78. The van der Waals surface area contributed by atoms with Crippen molar-refractivity contribution in [3.05, 3.63) is 42.1 Å². The Morgan fingerprint density at radius 2 is 2.08 bits per heavy atom. The minimum absolute atomic E-state index is 0.193. The summed E-state index contributed by atoms with van der Waals surface area (Å²) >= 11 is 0. The largest absolute Gasteiger partial charge is 0.393 e. The van der Waals surface area contributed by atoms with Gasteiger partial charge in [0, 0.05) is 31.7 Å². The standard InChI is InChI=1S/C17H25N5O2/c1-12(2)15(23)6-7-19-17(24)21-11-14-4-5-16(20-10-14)22-9-8-18-13(22)3/h4-5,8-10,12,15,23H,6-7,11H2,1-3H3,(H2,19,21,24). The smallest absolute Gasteiger partial charge is 0.315 e. The van der Waals surface area contributed by atoms with Crippen LogP contribution in [0.25, 0.3) is 5.82 Å². The van der Waals surface area contributed by atoms with Gasteiger partial charge >= 0.3 is 6.03 Å². The second-order valence-electron chi connectivity index (χ2n) is 6.08. The fourth-order valence-corrected chi connectivity index (χ4v) is 2.20. The molecule has 24 heavy (non-hydrogen) atoms. The van der Waals surface area contributed by atoms with E-state index < -0.39 is 6.10 Å². The van der Waals surface area contributed by atoms with Crippen molar-refractivity contribution in [3.8, 4) is 5.82 Å². The van der Waals surface area contributed by atoms with Crippen LogP contribution in [0.3, 0.4) is 0 Å². The van der Waals surface area contributed by atoms with Crippen LogP contribution >= 0.6 is 0 Å². The Morgan fingerprint density at radius 1 is 1.29 bits per heavy atom. The summed E-state index contributed by atoms with van der Waals surface area (Å²) in [6.45, 7) is 6.66. The zero-order valence-electron chi connectivity index (χ0n) is 14.4. The van der Waals surface area contributed by atoms with Crippen LogP contribution in [0.2, 0.25) is 0 Å². The van der Waals surface area contributed by atoms with Crippen LogP contribution < -0.4 is 10.6 Å². The number of aliphatic hydroxyl groups is 1. The number of urea groups is 1. The third kappa shape index (κ3) is 5.06. The number of hydrogen-bond acceptors (Lipinski definition) is 4. The van der Waals surface area contributed by atoms with Crippen LogP contribution in [0, 0.1) is 12.8 Å². The van der Waals surface area contributed by atoms with E-state index >= 15 is 0 Å². The molecule has 7 heteroatoms. The number of hydrogen-bond donors (Lipinski definition) is 3. The summed E-state index contributed by atoms with van der Waals surface area (Å²) in [5.41, 5.74) is 0.911. The van der Waals surface area contributed by atoms with E-state index in [-0.39, 0.29) is 11.9 Å². The van der Waals surface area contributed by atoms with Crippen molar-refractivity contribution in [2.24, 2.45) is 5.92 Å². The van der Waals surface area contributed by atoms with E-state index in [1.807, 2.05) is 43.7 Å². The molecule has 0 saturated heterocycles. The summed E-state index contributed by atoms with van der Waals surface area (Å²) in [5, 5.41) is 15.2. The lowest BCUT2D eigenvalue weighted by Crippen LogP contribution is -2.37. The molecule has 7 nitrogen and oxygen atoms in total. The number of amides is 2. The van der Waals surface area contributed by atoms with E-state index in [2.05, 4.69) is 20.6 Å². The van der Waals surface area contributed by atoms with E-state index in [4.69, 9.17) is 0 Å². The minimum Gasteiger partial charge on any atom is -0.393 e. The lowest BCUT2D eigenvalue weighted by atomic mass is 10.0. The van der Waals surface area contributed by atoms with Crippen molar-refractivity contribution < 1.29 is 9.90 Å². The van der Waals surface area contributed by atoms with E-state index in [0.29, 0.717) is 19.5 Å². The number of aliphatic hydroxyl groups excluding tert-OH is 1. The molecule has 0 aliphatic heterocycles. The predicted molar refractivity (Wildman–Crippen MR) is 91.8 cm³/mol. The van der Waals surface area contributed by atoms with E-state index in [1.54, 1.807) is 12.4 Å². The molecule has 0 aromatic carbocycles. The van der Waals surface area contributed by atoms with Crippen LogP contribution in [-0.2, 0) is 6.54 Å². The maximum Gasteiger partial charge on any atom is 0.315 e. The van der Waals surface area contributed by atoms with Gasteiger partial charge in [0.2, 0.25) is 0 Å². The zero-order valence-corrected chi connectivity index (χ0v) is 14.4. The van der Waals surface area contributed by atoms with E-state index in [0.717, 1.165) is 17.2 Å². The van der Waals surface area contributed by atoms with Gasteiger partial charge in [0.25, 0.3) is 0 Å². The van der Waals surface area contributed by atoms with Gasteiger partial charge in [0.1, 0.15) is 11.6 Å². The molecule has 1 unspecified atom stereocenters. The molecule has 3 N–H and O–H groups in total. The summed E-state index contributed by atoms with van der Waals surface area (Å²) in [5.74, 6) is 1.86. The topological polar surface area (TPSA) is 92.1 Å². The molecule has 0 aliphatic rings. The normalized spacial score (nSPS) is 12.2. The van der Waals surface area contributed by atoms with Crippen molar-refractivity contribution in [2.75, 3.05) is 6.54 Å². The molecule has 0 bridgehead atoms. The first-order valence-corrected chi connectivity index (χ1v) is 8.12. The van der Waals surface area contributed by atoms with Crippen molar-refractivity contribution in [3.63, 3.8) is 0 Å². The molecule has 0 fully saturated rings. The molecule has 2 aromatic heterocycles. The maximum absolute atomic E-state index is 11.7. The summed E-state index contributed by atoms with van der Waals surface area (Å²) in [6.07, 6.45) is 5.47. The number of carbonyl (C=O) groups is 1. The van der Waals surface area contributed by atoms with Crippen LogP contribution in [0.1, 0.15) is 31.7 Å². The highest BCUT2D eigenvalue weighted by Crippen LogP contribution is 2.08. The third-order valence-corrected chi connectivity index (χ3v) is 3.83. The number of aryl methyl sites for hydroxylation is 1. The van der Waals surface area contributed by atoms with Gasteiger partial charge in [-0.2, -0.15) is 0 Å². The van der Waals surface area contributed by atoms with Gasteiger partial charge in [-0.25, -0.2) is 14.8 Å². The highest BCUT2D eigenvalue weighted by Gasteiger charge is 2.09. The van der Waals surface area contributed by atoms with E-state index in [1.165, 1.54) is 0 Å². The van der Waals surface area contributed by atoms with Crippen LogP contribution in [-0.4, -0.2) is 38.3 Å². The fraction of sp³-hybridized carbons (Fsp3) is 0.471. The first-order chi connectivity index (χ1) is 11.5. The van der Waals surface area contributed by atoms with Crippen molar-refractivity contribution >= 4 is 6.03 Å². The number of nitrogens with zero attached hydrogens (tertiary/aromatic N) is 3. The number of nitrogens with one attached hydrogen (secondary N) is 2. The van der Waals surface area contributed by atoms with E-state index in [9.17, 15) is 9.90 Å². The molecular formula is C17H25N5O2. The molecule has 2 heterocycles. The molecule has 2 rings (SSSR count). The molecular weight excluding hydrogens is 306 g/mol. The van der Waals surface area contributed by atoms with Crippen molar-refractivity contribution in [1.29, 1.82) is 0 Å². The van der Waals surface area contributed by atoms with Gasteiger partial charge in [-0.15, -0.1) is 0 Å². The SMILES string of the molecule is Cc1nccn1-c1ccc(CNC(=O)NCCC(O)C(C)C)cn1. The second kappa shape index (κ2) is 8.44. The minimum atomic E-state index is -0.395. The summed E-state index contributed by atoms with van der Waals surface area (Å²) in [6, 6.07) is 3.56. The average Bonchev–Trinajstić information content (AvgIpc) is 2.99. The highest BCUT2D eigenvalue weighted by atomic mass is 16.3. The monoisotopic (exact) mass is 331 g/mol. The number of pyridine rings is 1. The average molecular weight is 331 g/mol. The first-order valence-electron chi connectivity index (χ1n) is 8.12. The molecule has 1 atom stereocenters. The molecule has 0 radical (unpaired) electrons. The lowest BCUT2D eigenvalue weighted by molar-refractivity contribution is 0.116. The van der Waals surface area contributed by atoms with Gasteiger partial charge in [-0.1, -0.05) is 19.9 Å². The fourth-order valence-electron chi connectivity index (χ4n) is 2.20. The van der Waals surface area contributed by atoms with Crippen LogP contribution in [0.5, 0.6) is 0 Å². The molecule has 0 aliphatic carbocycles. The van der Waals surface area contributed by atoms with Gasteiger partial charge in [-0.3, -0.25) is 4.57 Å². The Hall–Kier alpha value is -2.41. The van der Waals surface area contributed by atoms with Crippen molar-refractivity contribution in [1.82, 2.24) is 25.2 Å². The molecule has 2 amide bonds. The molecule has 0 spiro atoms. The number of rotatable bonds is 7. The van der Waals surface area contributed by atoms with Crippen LogP contribution in [0.4, 0.5) is 4.79 Å². The Kier molecular flexibility index (Phi) is 6.31. The third-order valence-electron chi connectivity index (χ3n) is 3.83. The van der Waals surface area contributed by atoms with Gasteiger partial charge < -0.3 is 15.7 Å². The Labute approximate surface area is 142 Å². The Balaban J connectivity index is 1.76. The molecule has 2 aromatic rings. The number of aromatic nitrogens is 3. The summed E-state index contributed by atoms with van der Waals surface area (Å²) in [4.78, 5) is 20.3. The van der Waals surface area contributed by atoms with Crippen LogP contribution in [0.15, 0.2) is 30.7 Å². The second-order valence-corrected chi connectivity index (χ2v) is 6.08. The molecule has 130 valence electrons. The summed E-state index contributed by atoms with van der Waals surface area (Å²) in [7, 11) is 0. The molecule has 0 saturated carbocycles. The van der Waals surface area contributed by atoms with Crippen molar-refractivity contribution in [2.45, 2.75) is 39.8 Å². The first kappa shape index (κ1) is 17.9. The van der Waals surface area contributed by atoms with Gasteiger partial charge in [0.05, 0.1) is 6.10 Å². The quantitative estimate of drug-likeness (QED) is 0.721. The summed E-state index contributed by atoms with van der Waals surface area (Å²) < 4.78 is 1.89. The lowest BCUT2D eigenvalue weighted by Gasteiger charge is -2.14. The Bertz CT molecular complexity index is 651. The zero-order chi connectivity index (χ0) is 17.5. The highest BCUT2D eigenvalue weighted by molar-refractivity contribution is 5.73.